The Hall–Kier alpha value is -1.28. The molecule has 6 nitrogen and oxygen atoms in total. The maximum atomic E-state index is 11.1. The molecule has 8 heteroatoms. The number of thiophene rings is 1. The molecule has 0 saturated carbocycles. The van der Waals surface area contributed by atoms with Crippen molar-refractivity contribution in [3.63, 3.8) is 0 Å². The molecule has 1 saturated heterocycles. The largest absolute Gasteiger partial charge is 0.360 e. The van der Waals surface area contributed by atoms with E-state index >= 15 is 0 Å². The minimum Gasteiger partial charge on any atom is -0.360 e. The van der Waals surface area contributed by atoms with Crippen LogP contribution in [0, 0.1) is 0 Å². The summed E-state index contributed by atoms with van der Waals surface area (Å²) >= 11 is 1.77. The van der Waals surface area contributed by atoms with Gasteiger partial charge in [0.25, 0.3) is 0 Å². The Bertz CT molecular complexity index is 576. The highest BCUT2D eigenvalue weighted by atomic mass is 32.2. The molecule has 0 atom stereocenters. The molecular weight excluding hydrogens is 320 g/mol. The van der Waals surface area contributed by atoms with E-state index in [0.29, 0.717) is 13.0 Å². The normalized spacial score (nSPS) is 16.9. The van der Waals surface area contributed by atoms with Crippen molar-refractivity contribution in [1.82, 2.24) is 10.2 Å². The molecule has 0 unspecified atom stereocenters. The van der Waals surface area contributed by atoms with Crippen LogP contribution >= 0.6 is 11.3 Å². The number of aliphatic imine (C=N–C) groups is 1. The second kappa shape index (κ2) is 7.82. The highest BCUT2D eigenvalue weighted by Crippen LogP contribution is 2.22. The highest BCUT2D eigenvalue weighted by molar-refractivity contribution is 7.90. The van der Waals surface area contributed by atoms with Gasteiger partial charge in [0.05, 0.1) is 10.8 Å². The Labute approximate surface area is 136 Å². The smallest absolute Gasteiger partial charge is 0.193 e. The van der Waals surface area contributed by atoms with Crippen molar-refractivity contribution in [2.24, 2.45) is 4.99 Å². The highest BCUT2D eigenvalue weighted by Gasteiger charge is 2.20. The van der Waals surface area contributed by atoms with Crippen molar-refractivity contribution in [3.8, 4) is 0 Å². The van der Waals surface area contributed by atoms with Crippen LogP contribution in [0.3, 0.4) is 0 Å². The predicted octanol–water partition coefficient (Wildman–Crippen LogP) is 0.880. The standard InChI is InChI=1S/C14H24N4O2S2/c1-15-14(16-6-4-12-22(2,19)20)18-9-7-17(8-10-18)13-5-3-11-21-13/h3,5,11H,4,6-10,12H2,1-2H3,(H,15,16). The number of guanidine groups is 1. The van der Waals surface area contributed by atoms with Gasteiger partial charge in [0.2, 0.25) is 0 Å². The predicted molar refractivity (Wildman–Crippen MR) is 93.8 cm³/mol. The molecule has 1 aliphatic heterocycles. The van der Waals surface area contributed by atoms with Crippen molar-refractivity contribution in [2.45, 2.75) is 6.42 Å². The third kappa shape index (κ3) is 5.17. The van der Waals surface area contributed by atoms with Crippen LogP contribution < -0.4 is 10.2 Å². The van der Waals surface area contributed by atoms with Crippen LogP contribution in [0.1, 0.15) is 6.42 Å². The number of sulfone groups is 1. The maximum absolute atomic E-state index is 11.1. The van der Waals surface area contributed by atoms with E-state index in [1.165, 1.54) is 11.3 Å². The lowest BCUT2D eigenvalue weighted by Gasteiger charge is -2.37. The number of hydrogen-bond acceptors (Lipinski definition) is 5. The van der Waals surface area contributed by atoms with Gasteiger partial charge in [0, 0.05) is 46.0 Å². The van der Waals surface area contributed by atoms with Gasteiger partial charge in [0.15, 0.2) is 5.96 Å². The Kier molecular flexibility index (Phi) is 6.07. The molecule has 2 rings (SSSR count). The average Bonchev–Trinajstić information content (AvgIpc) is 3.01. The number of hydrogen-bond donors (Lipinski definition) is 1. The lowest BCUT2D eigenvalue weighted by molar-refractivity contribution is 0.373. The lowest BCUT2D eigenvalue weighted by atomic mass is 10.3. The van der Waals surface area contributed by atoms with Gasteiger partial charge in [-0.1, -0.05) is 0 Å². The van der Waals surface area contributed by atoms with Crippen LogP contribution in [0.5, 0.6) is 0 Å². The first-order valence-electron chi connectivity index (χ1n) is 7.41. The molecule has 2 heterocycles. The van der Waals surface area contributed by atoms with Crippen molar-refractivity contribution in [2.75, 3.05) is 56.7 Å². The number of rotatable bonds is 5. The average molecular weight is 345 g/mol. The topological polar surface area (TPSA) is 65.0 Å². The summed E-state index contributed by atoms with van der Waals surface area (Å²) in [6.45, 7) is 4.42. The van der Waals surface area contributed by atoms with Gasteiger partial charge in [-0.25, -0.2) is 8.42 Å². The molecule has 1 aliphatic rings. The van der Waals surface area contributed by atoms with Crippen molar-refractivity contribution < 1.29 is 8.42 Å². The molecule has 0 aliphatic carbocycles. The first-order chi connectivity index (χ1) is 10.5. The van der Waals surface area contributed by atoms with Crippen LogP contribution in [-0.4, -0.2) is 71.1 Å². The second-order valence-corrected chi connectivity index (χ2v) is 8.57. The zero-order chi connectivity index (χ0) is 16.0. The van der Waals surface area contributed by atoms with Gasteiger partial charge >= 0.3 is 0 Å². The summed E-state index contributed by atoms with van der Waals surface area (Å²) in [5, 5.41) is 6.67. The minimum atomic E-state index is -2.89. The first kappa shape index (κ1) is 17.1. The Morgan fingerprint density at radius 2 is 2.09 bits per heavy atom. The van der Waals surface area contributed by atoms with Gasteiger partial charge in [-0.3, -0.25) is 4.99 Å². The maximum Gasteiger partial charge on any atom is 0.193 e. The zero-order valence-electron chi connectivity index (χ0n) is 13.2. The molecule has 22 heavy (non-hydrogen) atoms. The molecular formula is C14H24N4O2S2. The van der Waals surface area contributed by atoms with E-state index < -0.39 is 9.84 Å². The SMILES string of the molecule is CN=C(NCCCS(C)(=O)=O)N1CCN(c2cccs2)CC1. The van der Waals surface area contributed by atoms with Crippen molar-refractivity contribution in [1.29, 1.82) is 0 Å². The Balaban J connectivity index is 1.76. The molecule has 1 N–H and O–H groups in total. The quantitative estimate of drug-likeness (QED) is 0.488. The molecule has 0 bridgehead atoms. The third-order valence-corrected chi connectivity index (χ3v) is 5.54. The van der Waals surface area contributed by atoms with E-state index in [2.05, 4.69) is 37.6 Å². The number of nitrogens with zero attached hydrogens (tertiary/aromatic N) is 3. The molecule has 1 aromatic rings. The number of piperazine rings is 1. The summed E-state index contributed by atoms with van der Waals surface area (Å²) in [6, 6.07) is 4.23. The van der Waals surface area contributed by atoms with Gasteiger partial charge in [-0.05, 0) is 23.9 Å². The van der Waals surface area contributed by atoms with E-state index in [-0.39, 0.29) is 5.75 Å². The van der Waals surface area contributed by atoms with Crippen LogP contribution in [0.2, 0.25) is 0 Å². The molecule has 0 aromatic carbocycles. The van der Waals surface area contributed by atoms with Crippen LogP contribution in [-0.2, 0) is 9.84 Å². The summed E-state index contributed by atoms with van der Waals surface area (Å²) in [7, 11) is -1.12. The summed E-state index contributed by atoms with van der Waals surface area (Å²) in [4.78, 5) is 8.91. The first-order valence-corrected chi connectivity index (χ1v) is 10.4. The Morgan fingerprint density at radius 3 is 2.64 bits per heavy atom. The monoisotopic (exact) mass is 344 g/mol. The van der Waals surface area contributed by atoms with Gasteiger partial charge in [-0.15, -0.1) is 11.3 Å². The number of anilines is 1. The molecule has 1 fully saturated rings. The lowest BCUT2D eigenvalue weighted by Crippen LogP contribution is -2.52. The summed E-state index contributed by atoms with van der Waals surface area (Å²) < 4.78 is 22.2. The van der Waals surface area contributed by atoms with Crippen molar-refractivity contribution >= 4 is 32.1 Å². The fourth-order valence-corrected chi connectivity index (χ4v) is 3.91. The van der Waals surface area contributed by atoms with E-state index in [4.69, 9.17) is 0 Å². The molecule has 1 aromatic heterocycles. The van der Waals surface area contributed by atoms with Crippen LogP contribution in [0.4, 0.5) is 5.00 Å². The van der Waals surface area contributed by atoms with Gasteiger partial charge in [-0.2, -0.15) is 0 Å². The fraction of sp³-hybridized carbons (Fsp3) is 0.643. The van der Waals surface area contributed by atoms with Crippen LogP contribution in [0.25, 0.3) is 0 Å². The molecule has 0 amide bonds. The second-order valence-electron chi connectivity index (χ2n) is 5.38. The molecule has 0 radical (unpaired) electrons. The third-order valence-electron chi connectivity index (χ3n) is 3.58. The van der Waals surface area contributed by atoms with Crippen LogP contribution in [0.15, 0.2) is 22.5 Å². The van der Waals surface area contributed by atoms with E-state index in [0.717, 1.165) is 32.1 Å². The van der Waals surface area contributed by atoms with E-state index in [9.17, 15) is 8.42 Å². The van der Waals surface area contributed by atoms with Gasteiger partial charge in [0.1, 0.15) is 9.84 Å². The summed E-state index contributed by atoms with van der Waals surface area (Å²) in [5.74, 6) is 1.07. The fourth-order valence-electron chi connectivity index (χ4n) is 2.46. The van der Waals surface area contributed by atoms with E-state index in [1.807, 2.05) is 0 Å². The number of nitrogens with one attached hydrogen (secondary N) is 1. The molecule has 124 valence electrons. The Morgan fingerprint density at radius 1 is 1.36 bits per heavy atom. The van der Waals surface area contributed by atoms with Crippen molar-refractivity contribution in [3.05, 3.63) is 17.5 Å². The van der Waals surface area contributed by atoms with Gasteiger partial charge < -0.3 is 15.1 Å². The van der Waals surface area contributed by atoms with E-state index in [1.54, 1.807) is 18.4 Å². The zero-order valence-corrected chi connectivity index (χ0v) is 14.8. The minimum absolute atomic E-state index is 0.211. The summed E-state index contributed by atoms with van der Waals surface area (Å²) in [5.41, 5.74) is 0. The summed E-state index contributed by atoms with van der Waals surface area (Å²) in [6.07, 6.45) is 1.87. The molecule has 0 spiro atoms.